The van der Waals surface area contributed by atoms with E-state index in [1.165, 1.54) is 119 Å². The van der Waals surface area contributed by atoms with Gasteiger partial charge in [0.1, 0.15) is 5.58 Å². The minimum absolute atomic E-state index is 0.0253. The smallest absolute Gasteiger partial charge is 0.297 e. The Bertz CT molecular complexity index is 3300. The molecule has 2 aliphatic heterocycles. The zero-order valence-corrected chi connectivity index (χ0v) is 43.4. The van der Waals surface area contributed by atoms with Crippen LogP contribution in [0.4, 0.5) is 34.1 Å². The van der Waals surface area contributed by atoms with Crippen molar-refractivity contribution >= 4 is 68.4 Å². The molecule has 3 aliphatic carbocycles. The molecule has 0 bridgehead atoms. The van der Waals surface area contributed by atoms with Crippen LogP contribution >= 0.6 is 0 Å². The Morgan fingerprint density at radius 3 is 1.56 bits per heavy atom. The topological polar surface area (TPSA) is 19.6 Å². The maximum atomic E-state index is 7.72. The second-order valence-electron chi connectivity index (χ2n) is 25.9. The molecule has 7 aromatic rings. The highest BCUT2D eigenvalue weighted by molar-refractivity contribution is 7.00. The van der Waals surface area contributed by atoms with E-state index in [0.29, 0.717) is 0 Å². The van der Waals surface area contributed by atoms with Crippen molar-refractivity contribution in [3.63, 3.8) is 0 Å². The maximum Gasteiger partial charge on any atom is 0.297 e. The van der Waals surface area contributed by atoms with Crippen molar-refractivity contribution in [1.82, 2.24) is 0 Å². The molecule has 0 radical (unpaired) electrons. The molecule has 0 unspecified atom stereocenters. The van der Waals surface area contributed by atoms with Crippen LogP contribution in [0.1, 0.15) is 166 Å². The standard InChI is InChI=1S/C64H71BN2O/c1-38-31-53-56-54(32-38)67(51-22-18-17-21-42(51)41-20-16-15-19-39(41)2)52-36-48-47(62(9,10)28-29-63(48,11)12)35-50(52)65(56)58-57(43-34-46-49(37-55(43)68-58)64(13,14)30-27-61(46,7)8)66(53)40-23-24-44-45(33-40)60(5,6)26-25-59(44,3)4/h15-24,31-37H,25-30H2,1-14H3. The maximum absolute atomic E-state index is 7.72. The molecule has 4 heteroatoms. The summed E-state index contributed by atoms with van der Waals surface area (Å²) >= 11 is 0. The molecule has 0 atom stereocenters. The molecule has 5 aliphatic rings. The number of rotatable bonds is 3. The van der Waals surface area contributed by atoms with E-state index in [9.17, 15) is 0 Å². The normalized spacial score (nSPS) is 20.5. The van der Waals surface area contributed by atoms with Gasteiger partial charge < -0.3 is 14.2 Å². The molecule has 1 aromatic heterocycles. The van der Waals surface area contributed by atoms with E-state index < -0.39 is 0 Å². The Balaban J connectivity index is 1.23. The molecule has 3 nitrogen and oxygen atoms in total. The first-order valence-electron chi connectivity index (χ1n) is 25.8. The summed E-state index contributed by atoms with van der Waals surface area (Å²) in [4.78, 5) is 5.31. The van der Waals surface area contributed by atoms with Gasteiger partial charge in [0.2, 0.25) is 0 Å². The number of nitrogens with zero attached hydrogens (tertiary/aromatic N) is 2. The van der Waals surface area contributed by atoms with Gasteiger partial charge in [-0.15, -0.1) is 0 Å². The van der Waals surface area contributed by atoms with Crippen molar-refractivity contribution in [2.24, 2.45) is 0 Å². The van der Waals surface area contributed by atoms with Gasteiger partial charge in [-0.3, -0.25) is 0 Å². The molecule has 0 fully saturated rings. The molecule has 0 spiro atoms. The lowest BCUT2D eigenvalue weighted by atomic mass is 9.35. The van der Waals surface area contributed by atoms with Crippen LogP contribution in [0.25, 0.3) is 22.1 Å². The van der Waals surface area contributed by atoms with Gasteiger partial charge in [0.05, 0.1) is 17.0 Å². The summed E-state index contributed by atoms with van der Waals surface area (Å²) in [5, 5.41) is 1.23. The Labute approximate surface area is 407 Å². The van der Waals surface area contributed by atoms with Crippen molar-refractivity contribution in [2.75, 3.05) is 9.80 Å². The monoisotopic (exact) mass is 895 g/mol. The second-order valence-corrected chi connectivity index (χ2v) is 25.9. The van der Waals surface area contributed by atoms with Gasteiger partial charge in [-0.1, -0.05) is 138 Å². The van der Waals surface area contributed by atoms with Gasteiger partial charge >= 0.3 is 0 Å². The lowest BCUT2D eigenvalue weighted by molar-refractivity contribution is 0.332. The Hall–Kier alpha value is -5.48. The SMILES string of the molecule is Cc1cc2c3c(c1)N(c1ccc4c(c1)C(C)(C)CCC4(C)C)c1c(oc4cc5c(cc14)C(C)(C)CCC5(C)C)B3c1cc3c(cc1N2c1ccccc1-c1ccccc1C)C(C)(C)CCC3(C)C. The van der Waals surface area contributed by atoms with Gasteiger partial charge in [0.15, 0.2) is 0 Å². The van der Waals surface area contributed by atoms with Crippen LogP contribution in [0.3, 0.4) is 0 Å². The zero-order valence-electron chi connectivity index (χ0n) is 43.4. The average Bonchev–Trinajstić information content (AvgIpc) is 3.66. The number of anilines is 6. The van der Waals surface area contributed by atoms with Gasteiger partial charge in [-0.25, -0.2) is 0 Å². The van der Waals surface area contributed by atoms with Crippen LogP contribution in [0.5, 0.6) is 0 Å². The summed E-state index contributed by atoms with van der Waals surface area (Å²) in [6.07, 6.45) is 6.99. The Morgan fingerprint density at radius 1 is 0.441 bits per heavy atom. The fourth-order valence-corrected chi connectivity index (χ4v) is 13.8. The van der Waals surface area contributed by atoms with E-state index in [0.717, 1.165) is 36.9 Å². The molecule has 6 aromatic carbocycles. The third-order valence-corrected chi connectivity index (χ3v) is 18.4. The lowest BCUT2D eigenvalue weighted by Gasteiger charge is -2.47. The largest absolute Gasteiger partial charge is 0.468 e. The summed E-state index contributed by atoms with van der Waals surface area (Å²) in [7, 11) is 0. The van der Waals surface area contributed by atoms with Crippen molar-refractivity contribution in [3.8, 4) is 11.1 Å². The third-order valence-electron chi connectivity index (χ3n) is 18.4. The third kappa shape index (κ3) is 6.16. The molecule has 0 saturated carbocycles. The highest BCUT2D eigenvalue weighted by Crippen LogP contribution is 2.55. The van der Waals surface area contributed by atoms with E-state index in [2.05, 4.69) is 210 Å². The van der Waals surface area contributed by atoms with E-state index in [1.807, 2.05) is 0 Å². The summed E-state index contributed by atoms with van der Waals surface area (Å²) in [5.74, 6) is 0. The number of para-hydroxylation sites is 1. The number of hydrogen-bond donors (Lipinski definition) is 0. The first kappa shape index (κ1) is 43.8. The first-order valence-corrected chi connectivity index (χ1v) is 25.8. The predicted octanol–water partition coefficient (Wildman–Crippen LogP) is 15.8. The van der Waals surface area contributed by atoms with Gasteiger partial charge in [-0.05, 0) is 194 Å². The van der Waals surface area contributed by atoms with Gasteiger partial charge in [0.25, 0.3) is 6.71 Å². The average molecular weight is 895 g/mol. The summed E-state index contributed by atoms with van der Waals surface area (Å²) in [6, 6.07) is 40.8. The van der Waals surface area contributed by atoms with Crippen LogP contribution in [0.2, 0.25) is 0 Å². The minimum Gasteiger partial charge on any atom is -0.468 e. The molecule has 68 heavy (non-hydrogen) atoms. The number of fused-ring (bicyclic) bond motifs is 9. The van der Waals surface area contributed by atoms with Crippen molar-refractivity contribution in [3.05, 3.63) is 148 Å². The van der Waals surface area contributed by atoms with Crippen LogP contribution < -0.4 is 26.4 Å². The fraction of sp³-hybridized carbons (Fsp3) is 0.406. The number of aryl methyl sites for hydroxylation is 2. The van der Waals surface area contributed by atoms with E-state index >= 15 is 0 Å². The van der Waals surface area contributed by atoms with Crippen LogP contribution in [-0.2, 0) is 32.5 Å². The van der Waals surface area contributed by atoms with Crippen LogP contribution in [0.15, 0.2) is 108 Å². The van der Waals surface area contributed by atoms with Gasteiger partial charge in [-0.2, -0.15) is 0 Å². The Kier molecular flexibility index (Phi) is 9.06. The number of furan rings is 1. The van der Waals surface area contributed by atoms with E-state index in [-0.39, 0.29) is 39.2 Å². The van der Waals surface area contributed by atoms with E-state index in [4.69, 9.17) is 4.42 Å². The molecular formula is C64H71BN2O. The lowest BCUT2D eigenvalue weighted by Crippen LogP contribution is -2.61. The quantitative estimate of drug-likeness (QED) is 0.165. The summed E-state index contributed by atoms with van der Waals surface area (Å²) in [6.45, 7) is 34.0. The number of benzene rings is 6. The molecule has 0 N–H and O–H groups in total. The molecular weight excluding hydrogens is 824 g/mol. The summed E-state index contributed by atoms with van der Waals surface area (Å²) < 4.78 is 7.72. The van der Waals surface area contributed by atoms with Crippen molar-refractivity contribution < 1.29 is 4.42 Å². The predicted molar refractivity (Wildman–Crippen MR) is 291 cm³/mol. The van der Waals surface area contributed by atoms with E-state index in [1.54, 1.807) is 0 Å². The van der Waals surface area contributed by atoms with Crippen LogP contribution in [0, 0.1) is 13.8 Å². The van der Waals surface area contributed by atoms with Crippen LogP contribution in [-0.4, -0.2) is 6.71 Å². The van der Waals surface area contributed by atoms with Crippen molar-refractivity contribution in [1.29, 1.82) is 0 Å². The van der Waals surface area contributed by atoms with Crippen molar-refractivity contribution in [2.45, 2.75) is 168 Å². The zero-order chi connectivity index (χ0) is 47.8. The molecule has 3 heterocycles. The highest BCUT2D eigenvalue weighted by atomic mass is 16.3. The second kappa shape index (κ2) is 14.1. The van der Waals surface area contributed by atoms with Gasteiger partial charge in [0, 0.05) is 33.7 Å². The first-order chi connectivity index (χ1) is 32.0. The fourth-order valence-electron chi connectivity index (χ4n) is 13.8. The molecule has 0 saturated heterocycles. The molecule has 0 amide bonds. The molecule has 346 valence electrons. The highest BCUT2D eigenvalue weighted by Gasteiger charge is 2.50. The molecule has 12 rings (SSSR count). The Morgan fingerprint density at radius 2 is 0.941 bits per heavy atom. The minimum atomic E-state index is -0.117. The summed E-state index contributed by atoms with van der Waals surface area (Å²) in [5.41, 5.74) is 26.3. The number of hydrogen-bond acceptors (Lipinski definition) is 3.